The second kappa shape index (κ2) is 3.54. The van der Waals surface area contributed by atoms with E-state index in [1.54, 1.807) is 0 Å². The first kappa shape index (κ1) is 9.97. The maximum absolute atomic E-state index is 13.1. The summed E-state index contributed by atoms with van der Waals surface area (Å²) in [7, 11) is 0. The number of aromatic nitrogens is 1. The first-order valence-electron chi connectivity index (χ1n) is 4.37. The van der Waals surface area contributed by atoms with Gasteiger partial charge in [0, 0.05) is 19.3 Å². The van der Waals surface area contributed by atoms with Crippen molar-refractivity contribution in [3.05, 3.63) is 29.6 Å². The molecule has 1 fully saturated rings. The largest absolute Gasteiger partial charge is 0.389 e. The number of pyridine rings is 1. The number of amides is 1. The second-order valence-electron chi connectivity index (χ2n) is 3.33. The number of β-amino-alcohol motifs (C(OH)–C–C–N with tert-alkyl or cyclic N) is 1. The molecule has 1 N–H and O–H groups in total. The van der Waals surface area contributed by atoms with Crippen LogP contribution in [0.3, 0.4) is 0 Å². The van der Waals surface area contributed by atoms with Crippen molar-refractivity contribution in [2.45, 2.75) is 6.10 Å². The van der Waals surface area contributed by atoms with E-state index >= 15 is 0 Å². The lowest BCUT2D eigenvalue weighted by atomic mass is 10.1. The van der Waals surface area contributed by atoms with Crippen LogP contribution >= 0.6 is 0 Å². The summed E-state index contributed by atoms with van der Waals surface area (Å²) in [6.07, 6.45) is 0.464. The summed E-state index contributed by atoms with van der Waals surface area (Å²) in [5.74, 6) is -3.16. The van der Waals surface area contributed by atoms with Crippen molar-refractivity contribution in [2.75, 3.05) is 13.1 Å². The van der Waals surface area contributed by atoms with Gasteiger partial charge in [0.1, 0.15) is 0 Å². The zero-order valence-electron chi connectivity index (χ0n) is 7.65. The molecule has 0 bridgehead atoms. The summed E-state index contributed by atoms with van der Waals surface area (Å²) in [6.45, 7) is 0.310. The third-order valence-corrected chi connectivity index (χ3v) is 2.23. The van der Waals surface area contributed by atoms with Gasteiger partial charge < -0.3 is 10.0 Å². The molecule has 80 valence electrons. The molecule has 0 radical (unpaired) electrons. The first-order chi connectivity index (χ1) is 7.09. The van der Waals surface area contributed by atoms with Crippen LogP contribution in [0.15, 0.2) is 12.3 Å². The smallest absolute Gasteiger partial charge is 0.257 e. The summed E-state index contributed by atoms with van der Waals surface area (Å²) < 4.78 is 25.8. The predicted molar refractivity (Wildman–Crippen MR) is 46.1 cm³/mol. The van der Waals surface area contributed by atoms with Gasteiger partial charge in [-0.1, -0.05) is 0 Å². The van der Waals surface area contributed by atoms with Crippen molar-refractivity contribution in [3.8, 4) is 0 Å². The molecule has 4 nitrogen and oxygen atoms in total. The predicted octanol–water partition coefficient (Wildman–Crippen LogP) is 0.177. The Morgan fingerprint density at radius 3 is 2.80 bits per heavy atom. The Morgan fingerprint density at radius 1 is 1.53 bits per heavy atom. The first-order valence-corrected chi connectivity index (χ1v) is 4.37. The lowest BCUT2D eigenvalue weighted by molar-refractivity contribution is 0.00551. The van der Waals surface area contributed by atoms with Crippen LogP contribution < -0.4 is 0 Å². The van der Waals surface area contributed by atoms with E-state index in [1.807, 2.05) is 0 Å². The zero-order valence-corrected chi connectivity index (χ0v) is 7.65. The van der Waals surface area contributed by atoms with Crippen molar-refractivity contribution >= 4 is 5.91 Å². The fraction of sp³-hybridized carbons (Fsp3) is 0.333. The highest BCUT2D eigenvalue weighted by Gasteiger charge is 2.31. The number of nitrogens with zero attached hydrogens (tertiary/aromatic N) is 2. The number of aliphatic hydroxyl groups is 1. The summed E-state index contributed by atoms with van der Waals surface area (Å²) in [5, 5.41) is 8.96. The maximum Gasteiger partial charge on any atom is 0.257 e. The van der Waals surface area contributed by atoms with E-state index in [4.69, 9.17) is 5.11 Å². The van der Waals surface area contributed by atoms with Crippen LogP contribution in [0, 0.1) is 11.8 Å². The monoisotopic (exact) mass is 214 g/mol. The third-order valence-electron chi connectivity index (χ3n) is 2.23. The van der Waals surface area contributed by atoms with E-state index in [2.05, 4.69) is 4.98 Å². The Morgan fingerprint density at radius 2 is 2.20 bits per heavy atom. The minimum Gasteiger partial charge on any atom is -0.389 e. The highest BCUT2D eigenvalue weighted by atomic mass is 19.2. The lowest BCUT2D eigenvalue weighted by Crippen LogP contribution is -2.53. The average molecular weight is 214 g/mol. The van der Waals surface area contributed by atoms with E-state index in [1.165, 1.54) is 4.90 Å². The molecule has 15 heavy (non-hydrogen) atoms. The Labute approximate surface area is 84.2 Å². The van der Waals surface area contributed by atoms with E-state index in [9.17, 15) is 13.6 Å². The highest BCUT2D eigenvalue weighted by Crippen LogP contribution is 2.16. The van der Waals surface area contributed by atoms with E-state index < -0.39 is 23.8 Å². The van der Waals surface area contributed by atoms with Gasteiger partial charge in [-0.2, -0.15) is 4.39 Å². The van der Waals surface area contributed by atoms with E-state index in [0.717, 1.165) is 12.3 Å². The molecule has 0 aromatic carbocycles. The number of hydrogen-bond donors (Lipinski definition) is 1. The maximum atomic E-state index is 13.1. The molecule has 2 rings (SSSR count). The normalized spacial score (nSPS) is 16.3. The van der Waals surface area contributed by atoms with Crippen molar-refractivity contribution in [2.24, 2.45) is 0 Å². The minimum atomic E-state index is -1.29. The molecular formula is C9H8F2N2O2. The van der Waals surface area contributed by atoms with Gasteiger partial charge in [-0.05, 0) is 6.07 Å². The molecule has 0 aliphatic carbocycles. The standard InChI is InChI=1S/C9H8F2N2O2/c10-7-6(1-2-12-8(7)11)9(15)13-3-5(14)4-13/h1-2,5,14H,3-4H2. The van der Waals surface area contributed by atoms with Gasteiger partial charge in [0.15, 0.2) is 5.82 Å². The summed E-state index contributed by atoms with van der Waals surface area (Å²) in [6, 6.07) is 1.12. The van der Waals surface area contributed by atoms with Gasteiger partial charge in [-0.3, -0.25) is 4.79 Å². The van der Waals surface area contributed by atoms with Crippen LogP contribution in [0.25, 0.3) is 0 Å². The Bertz CT molecular complexity index is 405. The Kier molecular flexibility index (Phi) is 2.36. The van der Waals surface area contributed by atoms with Crippen molar-refractivity contribution in [1.82, 2.24) is 9.88 Å². The summed E-state index contributed by atoms with van der Waals surface area (Å²) in [5.41, 5.74) is -0.352. The molecule has 1 aromatic heterocycles. The summed E-state index contributed by atoms with van der Waals surface area (Å²) in [4.78, 5) is 15.8. The van der Waals surface area contributed by atoms with Crippen LogP contribution in [-0.4, -0.2) is 40.1 Å². The SMILES string of the molecule is O=C(c1ccnc(F)c1F)N1CC(O)C1. The molecule has 1 amide bonds. The number of carbonyl (C=O) groups is 1. The van der Waals surface area contributed by atoms with Crippen LogP contribution in [-0.2, 0) is 0 Å². The van der Waals surface area contributed by atoms with Crippen LogP contribution in [0.4, 0.5) is 8.78 Å². The fourth-order valence-corrected chi connectivity index (χ4v) is 1.37. The molecule has 1 aliphatic heterocycles. The van der Waals surface area contributed by atoms with E-state index in [0.29, 0.717) is 0 Å². The van der Waals surface area contributed by atoms with Crippen molar-refractivity contribution in [3.63, 3.8) is 0 Å². The van der Waals surface area contributed by atoms with Gasteiger partial charge in [-0.25, -0.2) is 9.37 Å². The molecule has 2 heterocycles. The quantitative estimate of drug-likeness (QED) is 0.678. The topological polar surface area (TPSA) is 53.4 Å². The molecule has 1 aliphatic rings. The second-order valence-corrected chi connectivity index (χ2v) is 3.33. The molecule has 0 unspecified atom stereocenters. The zero-order chi connectivity index (χ0) is 11.0. The van der Waals surface area contributed by atoms with Crippen LogP contribution in [0.2, 0.25) is 0 Å². The Balaban J connectivity index is 2.22. The molecule has 6 heteroatoms. The number of likely N-dealkylation sites (tertiary alicyclic amines) is 1. The lowest BCUT2D eigenvalue weighted by Gasteiger charge is -2.35. The number of halogens is 2. The number of rotatable bonds is 1. The molecule has 0 atom stereocenters. The van der Waals surface area contributed by atoms with Gasteiger partial charge in [-0.15, -0.1) is 0 Å². The Hall–Kier alpha value is -1.56. The summed E-state index contributed by atoms with van der Waals surface area (Å²) >= 11 is 0. The number of aliphatic hydroxyl groups excluding tert-OH is 1. The molecule has 0 saturated carbocycles. The molecular weight excluding hydrogens is 206 g/mol. The number of carbonyl (C=O) groups excluding carboxylic acids is 1. The van der Waals surface area contributed by atoms with Crippen LogP contribution in [0.1, 0.15) is 10.4 Å². The molecule has 1 aromatic rings. The van der Waals surface area contributed by atoms with E-state index in [-0.39, 0.29) is 18.7 Å². The highest BCUT2D eigenvalue weighted by molar-refractivity contribution is 5.94. The van der Waals surface area contributed by atoms with Gasteiger partial charge in [0.25, 0.3) is 5.91 Å². The number of hydrogen-bond acceptors (Lipinski definition) is 3. The van der Waals surface area contributed by atoms with Crippen molar-refractivity contribution in [1.29, 1.82) is 0 Å². The van der Waals surface area contributed by atoms with Gasteiger partial charge in [0.05, 0.1) is 11.7 Å². The van der Waals surface area contributed by atoms with Crippen molar-refractivity contribution < 1.29 is 18.7 Å². The minimum absolute atomic E-state index is 0.155. The third kappa shape index (κ3) is 1.68. The fourth-order valence-electron chi connectivity index (χ4n) is 1.37. The molecule has 1 saturated heterocycles. The molecule has 0 spiro atoms. The van der Waals surface area contributed by atoms with Gasteiger partial charge in [0.2, 0.25) is 5.95 Å². The van der Waals surface area contributed by atoms with Crippen LogP contribution in [0.5, 0.6) is 0 Å². The average Bonchev–Trinajstić information content (AvgIpc) is 2.16. The van der Waals surface area contributed by atoms with Gasteiger partial charge >= 0.3 is 0 Å².